The van der Waals surface area contributed by atoms with E-state index in [1.54, 1.807) is 6.92 Å². The zero-order valence-electron chi connectivity index (χ0n) is 11.1. The van der Waals surface area contributed by atoms with Crippen molar-refractivity contribution in [1.29, 1.82) is 0 Å². The number of nitrogens with zero attached hydrogens (tertiary/aromatic N) is 2. The summed E-state index contributed by atoms with van der Waals surface area (Å²) >= 11 is 5.99. The fourth-order valence-electron chi connectivity index (χ4n) is 2.24. The topological polar surface area (TPSA) is 75.5 Å². The largest absolute Gasteiger partial charge is 0.373 e. The number of hydrogen-bond donors (Lipinski definition) is 1. The Balaban J connectivity index is 2.05. The zero-order chi connectivity index (χ0) is 14.7. The third-order valence-corrected chi connectivity index (χ3v) is 3.64. The molecule has 1 amide bonds. The van der Waals surface area contributed by atoms with E-state index in [-0.39, 0.29) is 16.6 Å². The summed E-state index contributed by atoms with van der Waals surface area (Å²) in [5, 5.41) is 13.9. The number of nitro groups is 1. The summed E-state index contributed by atoms with van der Waals surface area (Å²) in [5.74, 6) is 0.0249. The highest BCUT2D eigenvalue weighted by molar-refractivity contribution is 6.33. The lowest BCUT2D eigenvalue weighted by Gasteiger charge is -2.22. The van der Waals surface area contributed by atoms with E-state index in [1.807, 2.05) is 4.90 Å². The van der Waals surface area contributed by atoms with Crippen molar-refractivity contribution >= 4 is 28.9 Å². The fraction of sp³-hybridized carbons (Fsp3) is 0.462. The van der Waals surface area contributed by atoms with E-state index in [0.29, 0.717) is 5.69 Å². The van der Waals surface area contributed by atoms with Crippen molar-refractivity contribution < 1.29 is 9.72 Å². The van der Waals surface area contributed by atoms with Crippen LogP contribution in [0.5, 0.6) is 0 Å². The highest BCUT2D eigenvalue weighted by atomic mass is 35.5. The maximum Gasteiger partial charge on any atom is 0.271 e. The Hall–Kier alpha value is -1.82. The Bertz CT molecular complexity index is 530. The summed E-state index contributed by atoms with van der Waals surface area (Å²) < 4.78 is 0. The van der Waals surface area contributed by atoms with E-state index in [4.69, 9.17) is 11.6 Å². The third-order valence-electron chi connectivity index (χ3n) is 3.32. The normalized spacial score (nSPS) is 16.0. The smallest absolute Gasteiger partial charge is 0.271 e. The number of amides is 1. The SMILES string of the molecule is CC(Nc1ccc([N+](=O)[O-])cc1Cl)C(=O)N1CCCC1. The number of nitrogens with one attached hydrogen (secondary N) is 1. The lowest BCUT2D eigenvalue weighted by atomic mass is 10.2. The first-order valence-electron chi connectivity index (χ1n) is 6.48. The minimum atomic E-state index is -0.505. The number of halogens is 1. The molecule has 0 bridgehead atoms. The molecular weight excluding hydrogens is 282 g/mol. The van der Waals surface area contributed by atoms with Gasteiger partial charge in [-0.25, -0.2) is 0 Å². The van der Waals surface area contributed by atoms with Crippen LogP contribution in [-0.2, 0) is 4.79 Å². The monoisotopic (exact) mass is 297 g/mol. The number of carbonyl (C=O) groups is 1. The van der Waals surface area contributed by atoms with Crippen molar-refractivity contribution in [3.05, 3.63) is 33.3 Å². The predicted octanol–water partition coefficient (Wildman–Crippen LogP) is 2.67. The predicted molar refractivity (Wildman–Crippen MR) is 77.0 cm³/mol. The number of non-ortho nitro benzene ring substituents is 1. The third kappa shape index (κ3) is 3.19. The van der Waals surface area contributed by atoms with Gasteiger partial charge in [0.2, 0.25) is 5.91 Å². The van der Waals surface area contributed by atoms with E-state index in [1.165, 1.54) is 18.2 Å². The first-order valence-corrected chi connectivity index (χ1v) is 6.86. The molecule has 0 radical (unpaired) electrons. The molecule has 7 heteroatoms. The van der Waals surface area contributed by atoms with Crippen LogP contribution in [0.4, 0.5) is 11.4 Å². The highest BCUT2D eigenvalue weighted by Crippen LogP contribution is 2.27. The summed E-state index contributed by atoms with van der Waals surface area (Å²) in [7, 11) is 0. The lowest BCUT2D eigenvalue weighted by molar-refractivity contribution is -0.384. The molecule has 0 saturated carbocycles. The summed E-state index contributed by atoms with van der Waals surface area (Å²) in [6.07, 6.45) is 2.08. The summed E-state index contributed by atoms with van der Waals surface area (Å²) in [6, 6.07) is 3.75. The van der Waals surface area contributed by atoms with Gasteiger partial charge in [-0.2, -0.15) is 0 Å². The van der Waals surface area contributed by atoms with Crippen LogP contribution in [0.1, 0.15) is 19.8 Å². The molecule has 1 atom stereocenters. The van der Waals surface area contributed by atoms with Crippen molar-refractivity contribution in [3.63, 3.8) is 0 Å². The van der Waals surface area contributed by atoms with E-state index in [0.717, 1.165) is 25.9 Å². The van der Waals surface area contributed by atoms with Gasteiger partial charge >= 0.3 is 0 Å². The van der Waals surface area contributed by atoms with Crippen LogP contribution in [-0.4, -0.2) is 34.9 Å². The van der Waals surface area contributed by atoms with Crippen molar-refractivity contribution in [2.75, 3.05) is 18.4 Å². The van der Waals surface area contributed by atoms with Gasteiger partial charge in [0.15, 0.2) is 0 Å². The maximum atomic E-state index is 12.1. The Kier molecular flexibility index (Phi) is 4.44. The highest BCUT2D eigenvalue weighted by Gasteiger charge is 2.23. The summed E-state index contributed by atoms with van der Waals surface area (Å²) in [4.78, 5) is 24.1. The van der Waals surface area contributed by atoms with Gasteiger partial charge in [-0.15, -0.1) is 0 Å². The van der Waals surface area contributed by atoms with E-state index < -0.39 is 11.0 Å². The van der Waals surface area contributed by atoms with Crippen LogP contribution in [0.25, 0.3) is 0 Å². The lowest BCUT2D eigenvalue weighted by Crippen LogP contribution is -2.39. The molecule has 1 aromatic rings. The Morgan fingerprint density at radius 3 is 2.65 bits per heavy atom. The molecule has 1 heterocycles. The van der Waals surface area contributed by atoms with Gasteiger partial charge < -0.3 is 10.2 Å². The van der Waals surface area contributed by atoms with Crippen LogP contribution < -0.4 is 5.32 Å². The number of nitro benzene ring substituents is 1. The van der Waals surface area contributed by atoms with Gasteiger partial charge in [-0.3, -0.25) is 14.9 Å². The fourth-order valence-corrected chi connectivity index (χ4v) is 2.47. The molecule has 1 aliphatic rings. The number of anilines is 1. The molecule has 20 heavy (non-hydrogen) atoms. The quantitative estimate of drug-likeness (QED) is 0.685. The standard InChI is InChI=1S/C13H16ClN3O3/c1-9(13(18)16-6-2-3-7-16)15-12-5-4-10(17(19)20)8-11(12)14/h4-5,8-9,15H,2-3,6-7H2,1H3. The maximum absolute atomic E-state index is 12.1. The van der Waals surface area contributed by atoms with Crippen LogP contribution in [0.2, 0.25) is 5.02 Å². The molecule has 108 valence electrons. The molecule has 6 nitrogen and oxygen atoms in total. The second-order valence-corrected chi connectivity index (χ2v) is 5.23. The zero-order valence-corrected chi connectivity index (χ0v) is 11.9. The van der Waals surface area contributed by atoms with Crippen LogP contribution in [0, 0.1) is 10.1 Å². The molecule has 2 rings (SSSR count). The molecule has 1 N–H and O–H groups in total. The minimum Gasteiger partial charge on any atom is -0.373 e. The second kappa shape index (κ2) is 6.09. The molecule has 1 saturated heterocycles. The second-order valence-electron chi connectivity index (χ2n) is 4.82. The molecule has 0 aliphatic carbocycles. The average molecular weight is 298 g/mol. The van der Waals surface area contributed by atoms with E-state index in [2.05, 4.69) is 5.32 Å². The summed E-state index contributed by atoms with van der Waals surface area (Å²) in [6.45, 7) is 3.34. The Morgan fingerprint density at radius 1 is 1.45 bits per heavy atom. The Morgan fingerprint density at radius 2 is 2.10 bits per heavy atom. The van der Waals surface area contributed by atoms with Crippen molar-refractivity contribution in [2.24, 2.45) is 0 Å². The number of benzene rings is 1. The Labute approximate surface area is 121 Å². The molecular formula is C13H16ClN3O3. The van der Waals surface area contributed by atoms with Gasteiger partial charge in [-0.05, 0) is 25.8 Å². The molecule has 1 aromatic carbocycles. The summed E-state index contributed by atoms with van der Waals surface area (Å²) in [5.41, 5.74) is 0.455. The number of hydrogen-bond acceptors (Lipinski definition) is 4. The van der Waals surface area contributed by atoms with E-state index >= 15 is 0 Å². The molecule has 0 aromatic heterocycles. The first kappa shape index (κ1) is 14.6. The molecule has 1 aliphatic heterocycles. The van der Waals surface area contributed by atoms with Crippen molar-refractivity contribution in [1.82, 2.24) is 4.90 Å². The minimum absolute atomic E-state index is 0.0249. The van der Waals surface area contributed by atoms with Crippen molar-refractivity contribution in [3.8, 4) is 0 Å². The number of carbonyl (C=O) groups excluding carboxylic acids is 1. The average Bonchev–Trinajstić information content (AvgIpc) is 2.93. The molecule has 1 fully saturated rings. The first-order chi connectivity index (χ1) is 9.49. The van der Waals surface area contributed by atoms with Gasteiger partial charge in [0.1, 0.15) is 6.04 Å². The van der Waals surface area contributed by atoms with Gasteiger partial charge in [-0.1, -0.05) is 11.6 Å². The van der Waals surface area contributed by atoms with Crippen LogP contribution in [0.15, 0.2) is 18.2 Å². The van der Waals surface area contributed by atoms with Gasteiger partial charge in [0, 0.05) is 25.2 Å². The molecule has 1 unspecified atom stereocenters. The molecule has 0 spiro atoms. The van der Waals surface area contributed by atoms with Crippen LogP contribution >= 0.6 is 11.6 Å². The number of rotatable bonds is 4. The van der Waals surface area contributed by atoms with Crippen LogP contribution in [0.3, 0.4) is 0 Å². The van der Waals surface area contributed by atoms with Crippen molar-refractivity contribution in [2.45, 2.75) is 25.8 Å². The van der Waals surface area contributed by atoms with Gasteiger partial charge in [0.25, 0.3) is 5.69 Å². The van der Waals surface area contributed by atoms with Gasteiger partial charge in [0.05, 0.1) is 15.6 Å². The number of likely N-dealkylation sites (tertiary alicyclic amines) is 1. The van der Waals surface area contributed by atoms with E-state index in [9.17, 15) is 14.9 Å².